The van der Waals surface area contributed by atoms with Crippen LogP contribution < -0.4 is 10.5 Å². The Morgan fingerprint density at radius 1 is 1.10 bits per heavy atom. The molecule has 1 amide bonds. The van der Waals surface area contributed by atoms with Crippen LogP contribution in [0.5, 0.6) is 0 Å². The summed E-state index contributed by atoms with van der Waals surface area (Å²) in [5, 5.41) is 17.0. The van der Waals surface area contributed by atoms with Gasteiger partial charge in [0.05, 0.1) is 25.9 Å². The van der Waals surface area contributed by atoms with E-state index in [1.807, 2.05) is 24.3 Å². The predicted molar refractivity (Wildman–Crippen MR) is 118 cm³/mol. The molecule has 0 saturated heterocycles. The maximum atomic E-state index is 12.1. The van der Waals surface area contributed by atoms with Gasteiger partial charge in [0.25, 0.3) is 5.22 Å². The number of primary sulfonamides is 1. The van der Waals surface area contributed by atoms with Crippen LogP contribution in [0.15, 0.2) is 63.1 Å². The molecule has 4 rings (SSSR count). The Bertz CT molecular complexity index is 1280. The van der Waals surface area contributed by atoms with Crippen LogP contribution in [-0.4, -0.2) is 35.3 Å². The summed E-state index contributed by atoms with van der Waals surface area (Å²) >= 11 is 2.76. The highest BCUT2D eigenvalue weighted by atomic mass is 32.2. The van der Waals surface area contributed by atoms with E-state index in [1.165, 1.54) is 24.3 Å². The number of carbonyl (C=O) groups excluding carboxylic acids is 1. The molecule has 0 unspecified atom stereocenters. The van der Waals surface area contributed by atoms with E-state index < -0.39 is 10.0 Å². The van der Waals surface area contributed by atoms with Crippen LogP contribution in [0.25, 0.3) is 10.2 Å². The molecule has 3 N–H and O–H groups in total. The highest BCUT2D eigenvalue weighted by Crippen LogP contribution is 2.23. The summed E-state index contributed by atoms with van der Waals surface area (Å²) in [5.41, 5.74) is 1.44. The van der Waals surface area contributed by atoms with Gasteiger partial charge in [-0.2, -0.15) is 0 Å². The molecule has 0 radical (unpaired) electrons. The van der Waals surface area contributed by atoms with Crippen molar-refractivity contribution < 1.29 is 17.6 Å². The van der Waals surface area contributed by atoms with Gasteiger partial charge >= 0.3 is 0 Å². The maximum absolute atomic E-state index is 12.1. The van der Waals surface area contributed by atoms with Gasteiger partial charge in [-0.05, 0) is 36.4 Å². The first-order valence-corrected chi connectivity index (χ1v) is 12.4. The van der Waals surface area contributed by atoms with Crippen LogP contribution in [0.2, 0.25) is 0 Å². The Morgan fingerprint density at radius 2 is 1.87 bits per heavy atom. The van der Waals surface area contributed by atoms with E-state index in [9.17, 15) is 13.2 Å². The lowest BCUT2D eigenvalue weighted by Crippen LogP contribution is -2.15. The summed E-state index contributed by atoms with van der Waals surface area (Å²) in [6.07, 6.45) is 1.26. The molecule has 2 aromatic carbocycles. The minimum atomic E-state index is -3.77. The average Bonchev–Trinajstić information content (AvgIpc) is 3.37. The second kappa shape index (κ2) is 9.14. The molecule has 0 fully saturated rings. The molecule has 0 aliphatic rings. The molecule has 160 valence electrons. The number of para-hydroxylation sites is 1. The number of nitrogens with one attached hydrogen (secondary N) is 1. The molecule has 0 aliphatic heterocycles. The molecule has 2 aromatic heterocycles. The van der Waals surface area contributed by atoms with Crippen molar-refractivity contribution in [2.75, 3.05) is 11.1 Å². The fraction of sp³-hybridized carbons (Fsp3) is 0.158. The molecule has 4 aromatic rings. The number of fused-ring (bicyclic) bond motifs is 1. The summed E-state index contributed by atoms with van der Waals surface area (Å²) in [7, 11) is -3.77. The normalized spacial score (nSPS) is 11.6. The number of nitrogens with zero attached hydrogens (tertiary/aromatic N) is 3. The number of aromatic nitrogens is 3. The first-order chi connectivity index (χ1) is 14.9. The number of benzene rings is 2. The van der Waals surface area contributed by atoms with E-state index in [0.29, 0.717) is 29.6 Å². The van der Waals surface area contributed by atoms with Crippen LogP contribution in [0, 0.1) is 0 Å². The smallest absolute Gasteiger partial charge is 0.277 e. The SMILES string of the molecule is NS(=O)(=O)c1ccc(NC(=O)CSc2nnc(CCc3nc4ccccc4s3)o2)cc1. The van der Waals surface area contributed by atoms with Crippen molar-refractivity contribution in [1.29, 1.82) is 0 Å². The molecule has 12 heteroatoms. The monoisotopic (exact) mass is 475 g/mol. The Morgan fingerprint density at radius 3 is 2.61 bits per heavy atom. The fourth-order valence-electron chi connectivity index (χ4n) is 2.69. The third-order valence-corrected chi connectivity index (χ3v) is 6.98. The zero-order chi connectivity index (χ0) is 21.8. The van der Waals surface area contributed by atoms with E-state index >= 15 is 0 Å². The lowest BCUT2D eigenvalue weighted by molar-refractivity contribution is -0.113. The van der Waals surface area contributed by atoms with E-state index in [0.717, 1.165) is 27.0 Å². The van der Waals surface area contributed by atoms with E-state index in [4.69, 9.17) is 9.56 Å². The summed E-state index contributed by atoms with van der Waals surface area (Å²) in [5.74, 6) is 0.263. The molecule has 0 spiro atoms. The fourth-order valence-corrected chi connectivity index (χ4v) is 4.75. The Hall–Kier alpha value is -2.80. The molecule has 0 aliphatic carbocycles. The standard InChI is InChI=1S/C19H17N5O4S3/c20-31(26,27)13-7-5-12(6-8-13)21-16(25)11-29-19-24-23-17(28-19)9-10-18-22-14-3-1-2-4-15(14)30-18/h1-8H,9-11H2,(H,21,25)(H2,20,26,27). The minimum absolute atomic E-state index is 0.0240. The summed E-state index contributed by atoms with van der Waals surface area (Å²) < 4.78 is 29.2. The lowest BCUT2D eigenvalue weighted by Gasteiger charge is -2.05. The summed E-state index contributed by atoms with van der Waals surface area (Å²) in [6, 6.07) is 13.6. The molecule has 31 heavy (non-hydrogen) atoms. The second-order valence-corrected chi connectivity index (χ2v) is 10.0. The molecule has 0 atom stereocenters. The number of thioether (sulfide) groups is 1. The largest absolute Gasteiger partial charge is 0.416 e. The van der Waals surface area contributed by atoms with Crippen molar-refractivity contribution in [2.45, 2.75) is 23.0 Å². The Balaban J connectivity index is 1.26. The first kappa shape index (κ1) is 21.4. The van der Waals surface area contributed by atoms with Crippen LogP contribution in [0.4, 0.5) is 5.69 Å². The van der Waals surface area contributed by atoms with Crippen molar-refractivity contribution in [3.8, 4) is 0 Å². The first-order valence-electron chi connectivity index (χ1n) is 9.09. The number of hydrogen-bond donors (Lipinski definition) is 2. The number of thiazole rings is 1. The van der Waals surface area contributed by atoms with Crippen LogP contribution in [0.1, 0.15) is 10.9 Å². The lowest BCUT2D eigenvalue weighted by atomic mass is 10.3. The second-order valence-electron chi connectivity index (χ2n) is 6.44. The number of rotatable bonds is 8. The average molecular weight is 476 g/mol. The van der Waals surface area contributed by atoms with Gasteiger partial charge in [0.2, 0.25) is 21.8 Å². The highest BCUT2D eigenvalue weighted by Gasteiger charge is 2.12. The molecular formula is C19H17N5O4S3. The van der Waals surface area contributed by atoms with Crippen molar-refractivity contribution in [1.82, 2.24) is 15.2 Å². The topological polar surface area (TPSA) is 141 Å². The number of amides is 1. The highest BCUT2D eigenvalue weighted by molar-refractivity contribution is 7.99. The predicted octanol–water partition coefficient (Wildman–Crippen LogP) is 2.84. The van der Waals surface area contributed by atoms with Crippen molar-refractivity contribution >= 4 is 54.9 Å². The third kappa shape index (κ3) is 5.67. The number of hydrogen-bond acceptors (Lipinski definition) is 9. The summed E-state index contributed by atoms with van der Waals surface area (Å²) in [6.45, 7) is 0. The van der Waals surface area contributed by atoms with E-state index in [2.05, 4.69) is 20.5 Å². The van der Waals surface area contributed by atoms with Crippen LogP contribution in [0.3, 0.4) is 0 Å². The van der Waals surface area contributed by atoms with Gasteiger partial charge in [-0.1, -0.05) is 23.9 Å². The molecule has 0 bridgehead atoms. The quantitative estimate of drug-likeness (QED) is 0.371. The number of sulfonamides is 1. The Kier molecular flexibility index (Phi) is 6.32. The van der Waals surface area contributed by atoms with Crippen LogP contribution >= 0.6 is 23.1 Å². The molecule has 9 nitrogen and oxygen atoms in total. The molecular weight excluding hydrogens is 458 g/mol. The van der Waals surface area contributed by atoms with Gasteiger partial charge in [-0.25, -0.2) is 18.5 Å². The molecule has 2 heterocycles. The van der Waals surface area contributed by atoms with Gasteiger partial charge in [0.15, 0.2) is 0 Å². The zero-order valence-electron chi connectivity index (χ0n) is 16.0. The zero-order valence-corrected chi connectivity index (χ0v) is 18.5. The van der Waals surface area contributed by atoms with Gasteiger partial charge in [0, 0.05) is 18.5 Å². The number of anilines is 1. The maximum Gasteiger partial charge on any atom is 0.277 e. The Labute approximate surface area is 186 Å². The summed E-state index contributed by atoms with van der Waals surface area (Å²) in [4.78, 5) is 16.7. The van der Waals surface area contributed by atoms with Gasteiger partial charge in [0.1, 0.15) is 0 Å². The van der Waals surface area contributed by atoms with Crippen LogP contribution in [-0.2, 0) is 27.7 Å². The third-order valence-electron chi connectivity index (χ3n) is 4.13. The van der Waals surface area contributed by atoms with Gasteiger partial charge < -0.3 is 9.73 Å². The van der Waals surface area contributed by atoms with Crippen molar-refractivity contribution in [2.24, 2.45) is 5.14 Å². The number of carbonyl (C=O) groups is 1. The molecule has 0 saturated carbocycles. The van der Waals surface area contributed by atoms with Gasteiger partial charge in [-0.3, -0.25) is 4.79 Å². The van der Waals surface area contributed by atoms with Crippen molar-refractivity contribution in [3.63, 3.8) is 0 Å². The minimum Gasteiger partial charge on any atom is -0.416 e. The van der Waals surface area contributed by atoms with E-state index in [-0.39, 0.29) is 16.6 Å². The van der Waals surface area contributed by atoms with Gasteiger partial charge in [-0.15, -0.1) is 21.5 Å². The van der Waals surface area contributed by atoms with Crippen molar-refractivity contribution in [3.05, 3.63) is 59.4 Å². The number of nitrogens with two attached hydrogens (primary N) is 1. The number of aryl methyl sites for hydroxylation is 2. The van der Waals surface area contributed by atoms with E-state index in [1.54, 1.807) is 11.3 Å².